The van der Waals surface area contributed by atoms with Crippen molar-refractivity contribution in [3.8, 4) is 11.6 Å². The number of ether oxygens (including phenoxy) is 1. The van der Waals surface area contributed by atoms with Gasteiger partial charge in [-0.25, -0.2) is 4.98 Å². The summed E-state index contributed by atoms with van der Waals surface area (Å²) in [6, 6.07) is 27.8. The van der Waals surface area contributed by atoms with Crippen LogP contribution in [0.4, 0.5) is 0 Å². The summed E-state index contributed by atoms with van der Waals surface area (Å²) in [5.74, 6) is 1.32. The lowest BCUT2D eigenvalue weighted by molar-refractivity contribution is 0.465. The molecule has 0 radical (unpaired) electrons. The van der Waals surface area contributed by atoms with Crippen LogP contribution in [0.3, 0.4) is 0 Å². The van der Waals surface area contributed by atoms with Crippen LogP contribution in [-0.2, 0) is 0 Å². The summed E-state index contributed by atoms with van der Waals surface area (Å²) in [7, 11) is 0. The minimum absolute atomic E-state index is 0.0939. The van der Waals surface area contributed by atoms with Gasteiger partial charge in [0.05, 0.1) is 17.3 Å². The predicted octanol–water partition coefficient (Wildman–Crippen LogP) is 6.12. The summed E-state index contributed by atoms with van der Waals surface area (Å²) in [6.07, 6.45) is 0.788. The summed E-state index contributed by atoms with van der Waals surface area (Å²) >= 11 is 6.32. The standard InChI is InChI=1S/C24H18ClN3O/c25-20-7-3-2-6-19(20)23-15-22(27-28-23)17-9-12-18(13-10-17)29-24-14-11-16-5-1-4-8-21(16)26-24/h1-14,23,28H,15H2. The monoisotopic (exact) mass is 399 g/mol. The fraction of sp³-hybridized carbons (Fsp3) is 0.0833. The first-order valence-electron chi connectivity index (χ1n) is 9.47. The van der Waals surface area contributed by atoms with Gasteiger partial charge in [0.15, 0.2) is 0 Å². The number of halogens is 1. The fourth-order valence-corrected chi connectivity index (χ4v) is 3.77. The third-order valence-corrected chi connectivity index (χ3v) is 5.36. The molecule has 0 amide bonds. The van der Waals surface area contributed by atoms with Gasteiger partial charge in [-0.05, 0) is 53.6 Å². The molecular formula is C24H18ClN3O. The average Bonchev–Trinajstić information content (AvgIpc) is 3.24. The van der Waals surface area contributed by atoms with Crippen LogP contribution in [0.1, 0.15) is 23.6 Å². The number of benzene rings is 3. The molecule has 1 aromatic heterocycles. The number of nitrogens with zero attached hydrogens (tertiary/aromatic N) is 2. The molecule has 29 heavy (non-hydrogen) atoms. The van der Waals surface area contributed by atoms with Gasteiger partial charge >= 0.3 is 0 Å². The van der Waals surface area contributed by atoms with Crippen molar-refractivity contribution in [3.05, 3.63) is 101 Å². The Labute approximate surface area is 173 Å². The Morgan fingerprint density at radius 3 is 2.52 bits per heavy atom. The van der Waals surface area contributed by atoms with Gasteiger partial charge in [-0.2, -0.15) is 5.10 Å². The lowest BCUT2D eigenvalue weighted by Gasteiger charge is -2.11. The van der Waals surface area contributed by atoms with Gasteiger partial charge in [-0.1, -0.05) is 48.0 Å². The third kappa shape index (κ3) is 3.67. The Morgan fingerprint density at radius 2 is 1.66 bits per heavy atom. The molecule has 0 aliphatic carbocycles. The van der Waals surface area contributed by atoms with Crippen LogP contribution in [0.2, 0.25) is 5.02 Å². The topological polar surface area (TPSA) is 46.5 Å². The number of para-hydroxylation sites is 1. The molecule has 3 aromatic carbocycles. The van der Waals surface area contributed by atoms with Crippen LogP contribution in [0.5, 0.6) is 11.6 Å². The second kappa shape index (κ2) is 7.57. The summed E-state index contributed by atoms with van der Waals surface area (Å²) in [5, 5.41) is 6.36. The molecule has 142 valence electrons. The van der Waals surface area contributed by atoms with Crippen LogP contribution in [0.25, 0.3) is 10.9 Å². The van der Waals surface area contributed by atoms with Crippen LogP contribution in [-0.4, -0.2) is 10.7 Å². The molecule has 4 aromatic rings. The van der Waals surface area contributed by atoms with E-state index in [9.17, 15) is 0 Å². The van der Waals surface area contributed by atoms with Gasteiger partial charge < -0.3 is 10.2 Å². The number of nitrogens with one attached hydrogen (secondary N) is 1. The largest absolute Gasteiger partial charge is 0.439 e. The number of hydrazone groups is 1. The van der Waals surface area contributed by atoms with E-state index in [1.54, 1.807) is 0 Å². The zero-order chi connectivity index (χ0) is 19.6. The molecule has 0 spiro atoms. The lowest BCUT2D eigenvalue weighted by atomic mass is 9.99. The number of rotatable bonds is 4. The molecule has 1 unspecified atom stereocenters. The first kappa shape index (κ1) is 17.7. The average molecular weight is 400 g/mol. The molecule has 5 rings (SSSR count). The highest BCUT2D eigenvalue weighted by atomic mass is 35.5. The molecule has 1 aliphatic heterocycles. The molecular weight excluding hydrogens is 382 g/mol. The molecule has 0 saturated heterocycles. The summed E-state index contributed by atoms with van der Waals surface area (Å²) in [5.41, 5.74) is 7.24. The molecule has 0 saturated carbocycles. The molecule has 2 heterocycles. The van der Waals surface area contributed by atoms with E-state index in [-0.39, 0.29) is 6.04 Å². The Hall–Kier alpha value is -3.37. The second-order valence-electron chi connectivity index (χ2n) is 6.93. The van der Waals surface area contributed by atoms with Crippen molar-refractivity contribution in [2.24, 2.45) is 5.10 Å². The van der Waals surface area contributed by atoms with Crippen molar-refractivity contribution < 1.29 is 4.74 Å². The first-order chi connectivity index (χ1) is 14.3. The third-order valence-electron chi connectivity index (χ3n) is 5.02. The Balaban J connectivity index is 1.29. The Bertz CT molecular complexity index is 1200. The minimum atomic E-state index is 0.0939. The minimum Gasteiger partial charge on any atom is -0.439 e. The van der Waals surface area contributed by atoms with Gasteiger partial charge in [0.1, 0.15) is 5.75 Å². The number of pyridine rings is 1. The second-order valence-corrected chi connectivity index (χ2v) is 7.34. The van der Waals surface area contributed by atoms with E-state index in [1.807, 2.05) is 84.9 Å². The smallest absolute Gasteiger partial charge is 0.219 e. The quantitative estimate of drug-likeness (QED) is 0.449. The molecule has 1 aliphatic rings. The van der Waals surface area contributed by atoms with Crippen molar-refractivity contribution in [1.29, 1.82) is 0 Å². The molecule has 1 atom stereocenters. The number of aromatic nitrogens is 1. The van der Waals surface area contributed by atoms with Crippen LogP contribution < -0.4 is 10.2 Å². The maximum absolute atomic E-state index is 6.32. The SMILES string of the molecule is Clc1ccccc1C1CC(c2ccc(Oc3ccc4ccccc4n3)cc2)=NN1. The van der Waals surface area contributed by atoms with Crippen molar-refractivity contribution in [3.63, 3.8) is 0 Å². The number of fused-ring (bicyclic) bond motifs is 1. The molecule has 4 nitrogen and oxygen atoms in total. The van der Waals surface area contributed by atoms with Gasteiger partial charge in [-0.3, -0.25) is 0 Å². The van der Waals surface area contributed by atoms with Crippen LogP contribution in [0.15, 0.2) is 90.0 Å². The zero-order valence-corrected chi connectivity index (χ0v) is 16.3. The van der Waals surface area contributed by atoms with Crippen molar-refractivity contribution in [2.45, 2.75) is 12.5 Å². The highest BCUT2D eigenvalue weighted by molar-refractivity contribution is 6.31. The number of hydrogen-bond donors (Lipinski definition) is 1. The van der Waals surface area contributed by atoms with E-state index in [0.717, 1.165) is 44.9 Å². The van der Waals surface area contributed by atoms with E-state index in [1.165, 1.54) is 0 Å². The van der Waals surface area contributed by atoms with Gasteiger partial charge in [0, 0.05) is 22.9 Å². The molecule has 5 heteroatoms. The molecule has 1 N–H and O–H groups in total. The van der Waals surface area contributed by atoms with E-state index in [0.29, 0.717) is 5.88 Å². The van der Waals surface area contributed by atoms with E-state index in [2.05, 4.69) is 15.5 Å². The van der Waals surface area contributed by atoms with Crippen LogP contribution >= 0.6 is 11.6 Å². The van der Waals surface area contributed by atoms with Crippen molar-refractivity contribution in [1.82, 2.24) is 10.4 Å². The maximum atomic E-state index is 6.32. The van der Waals surface area contributed by atoms with E-state index < -0.39 is 0 Å². The summed E-state index contributed by atoms with van der Waals surface area (Å²) in [6.45, 7) is 0. The highest BCUT2D eigenvalue weighted by Crippen LogP contribution is 2.30. The van der Waals surface area contributed by atoms with Gasteiger partial charge in [-0.15, -0.1) is 0 Å². The molecule has 0 bridgehead atoms. The normalized spacial score (nSPS) is 15.8. The fourth-order valence-electron chi connectivity index (χ4n) is 3.50. The zero-order valence-electron chi connectivity index (χ0n) is 15.5. The summed E-state index contributed by atoms with van der Waals surface area (Å²) < 4.78 is 5.93. The molecule has 0 fully saturated rings. The van der Waals surface area contributed by atoms with Crippen molar-refractivity contribution >= 4 is 28.2 Å². The first-order valence-corrected chi connectivity index (χ1v) is 9.85. The Morgan fingerprint density at radius 1 is 0.862 bits per heavy atom. The van der Waals surface area contributed by atoms with E-state index >= 15 is 0 Å². The van der Waals surface area contributed by atoms with E-state index in [4.69, 9.17) is 16.3 Å². The predicted molar refractivity (Wildman–Crippen MR) is 117 cm³/mol. The highest BCUT2D eigenvalue weighted by Gasteiger charge is 2.22. The maximum Gasteiger partial charge on any atom is 0.219 e. The summed E-state index contributed by atoms with van der Waals surface area (Å²) in [4.78, 5) is 4.55. The van der Waals surface area contributed by atoms with Gasteiger partial charge in [0.25, 0.3) is 0 Å². The number of hydrogen-bond acceptors (Lipinski definition) is 4. The van der Waals surface area contributed by atoms with Crippen molar-refractivity contribution in [2.75, 3.05) is 0 Å². The Kier molecular flexibility index (Phi) is 4.62. The lowest BCUT2D eigenvalue weighted by Crippen LogP contribution is -2.10. The van der Waals surface area contributed by atoms with Gasteiger partial charge in [0.2, 0.25) is 5.88 Å². The van der Waals surface area contributed by atoms with Crippen LogP contribution in [0, 0.1) is 0 Å².